The third kappa shape index (κ3) is 2.56. The molecule has 0 aliphatic heterocycles. The predicted molar refractivity (Wildman–Crippen MR) is 60.2 cm³/mol. The molecule has 1 fully saturated rings. The van der Waals surface area contributed by atoms with Gasteiger partial charge in [0, 0.05) is 0 Å². The quantitative estimate of drug-likeness (QED) is 0.768. The molecule has 88 valence electrons. The monoisotopic (exact) mass is 223 g/mol. The molecule has 2 rings (SSSR count). The fourth-order valence-corrected chi connectivity index (χ4v) is 1.36. The van der Waals surface area contributed by atoms with Gasteiger partial charge in [-0.25, -0.2) is 0 Å². The topological polar surface area (TPSA) is 40.6 Å². The largest absolute Gasteiger partial charge is 0.491 e. The Balaban J connectivity index is 2.25. The van der Waals surface area contributed by atoms with Crippen molar-refractivity contribution in [3.05, 3.63) is 12.4 Å². The van der Waals surface area contributed by atoms with Crippen LogP contribution in [0, 0.1) is 0 Å². The average molecular weight is 223 g/mol. The van der Waals surface area contributed by atoms with E-state index in [4.69, 9.17) is 14.2 Å². The number of rotatable bonds is 5. The van der Waals surface area contributed by atoms with E-state index < -0.39 is 0 Å². The lowest BCUT2D eigenvalue weighted by Gasteiger charge is -2.16. The normalized spacial score (nSPS) is 15.0. The van der Waals surface area contributed by atoms with Gasteiger partial charge in [-0.15, -0.1) is 0 Å². The summed E-state index contributed by atoms with van der Waals surface area (Å²) in [7, 11) is 1.61. The van der Waals surface area contributed by atoms with Gasteiger partial charge in [0.25, 0.3) is 0 Å². The Kier molecular flexibility index (Phi) is 3.17. The van der Waals surface area contributed by atoms with Crippen LogP contribution < -0.4 is 14.2 Å². The first-order valence-corrected chi connectivity index (χ1v) is 5.56. The molecule has 0 atom stereocenters. The molecular weight excluding hydrogens is 206 g/mol. The minimum Gasteiger partial charge on any atom is -0.491 e. The zero-order valence-corrected chi connectivity index (χ0v) is 9.90. The zero-order valence-electron chi connectivity index (χ0n) is 9.90. The second-order valence-electron chi connectivity index (χ2n) is 4.15. The first-order valence-electron chi connectivity index (χ1n) is 5.56. The molecule has 4 nitrogen and oxygen atoms in total. The van der Waals surface area contributed by atoms with Crippen molar-refractivity contribution in [2.45, 2.75) is 38.9 Å². The molecule has 0 saturated heterocycles. The van der Waals surface area contributed by atoms with Gasteiger partial charge in [-0.05, 0) is 26.7 Å². The van der Waals surface area contributed by atoms with Gasteiger partial charge in [0.2, 0.25) is 5.75 Å². The van der Waals surface area contributed by atoms with Crippen LogP contribution in [0.1, 0.15) is 26.7 Å². The van der Waals surface area contributed by atoms with Crippen LogP contribution >= 0.6 is 0 Å². The van der Waals surface area contributed by atoms with Crippen molar-refractivity contribution in [1.82, 2.24) is 4.98 Å². The third-order valence-electron chi connectivity index (χ3n) is 2.22. The van der Waals surface area contributed by atoms with Crippen LogP contribution in [0.3, 0.4) is 0 Å². The van der Waals surface area contributed by atoms with E-state index in [9.17, 15) is 0 Å². The number of aromatic nitrogens is 1. The van der Waals surface area contributed by atoms with Crippen LogP contribution in [0.2, 0.25) is 0 Å². The van der Waals surface area contributed by atoms with Crippen LogP contribution in [0.25, 0.3) is 0 Å². The average Bonchev–Trinajstić information content (AvgIpc) is 3.03. The van der Waals surface area contributed by atoms with E-state index in [1.807, 2.05) is 13.8 Å². The maximum Gasteiger partial charge on any atom is 0.207 e. The summed E-state index contributed by atoms with van der Waals surface area (Å²) in [6, 6.07) is 0. The summed E-state index contributed by atoms with van der Waals surface area (Å²) in [6.07, 6.45) is 5.92. The van der Waals surface area contributed by atoms with E-state index >= 15 is 0 Å². The van der Waals surface area contributed by atoms with Crippen molar-refractivity contribution < 1.29 is 14.2 Å². The molecule has 0 amide bonds. The van der Waals surface area contributed by atoms with Crippen molar-refractivity contribution in [1.29, 1.82) is 0 Å². The minimum atomic E-state index is 0.0930. The molecule has 1 aliphatic carbocycles. The Morgan fingerprint density at radius 1 is 1.25 bits per heavy atom. The summed E-state index contributed by atoms with van der Waals surface area (Å²) in [5, 5.41) is 0. The Morgan fingerprint density at radius 2 is 1.94 bits per heavy atom. The zero-order chi connectivity index (χ0) is 11.5. The fraction of sp³-hybridized carbons (Fsp3) is 0.583. The molecule has 0 N–H and O–H groups in total. The predicted octanol–water partition coefficient (Wildman–Crippen LogP) is 2.42. The van der Waals surface area contributed by atoms with Gasteiger partial charge in [-0.1, -0.05) is 0 Å². The molecule has 0 aromatic carbocycles. The fourth-order valence-electron chi connectivity index (χ4n) is 1.36. The Hall–Kier alpha value is -1.45. The molecule has 1 aliphatic rings. The van der Waals surface area contributed by atoms with E-state index in [2.05, 4.69) is 4.98 Å². The molecule has 1 heterocycles. The van der Waals surface area contributed by atoms with E-state index in [0.717, 1.165) is 12.8 Å². The van der Waals surface area contributed by atoms with Crippen LogP contribution in [0.4, 0.5) is 0 Å². The van der Waals surface area contributed by atoms with E-state index in [-0.39, 0.29) is 6.10 Å². The lowest BCUT2D eigenvalue weighted by Crippen LogP contribution is -2.09. The van der Waals surface area contributed by atoms with Gasteiger partial charge in [0.15, 0.2) is 11.5 Å². The van der Waals surface area contributed by atoms with Gasteiger partial charge < -0.3 is 14.2 Å². The molecule has 0 unspecified atom stereocenters. The van der Waals surface area contributed by atoms with E-state index in [0.29, 0.717) is 23.4 Å². The number of methoxy groups -OCH3 is 1. The van der Waals surface area contributed by atoms with Gasteiger partial charge in [0.1, 0.15) is 0 Å². The molecule has 0 radical (unpaired) electrons. The molecule has 1 saturated carbocycles. The molecular formula is C12H17NO3. The first kappa shape index (κ1) is 11.0. The van der Waals surface area contributed by atoms with Gasteiger partial charge in [-0.2, -0.15) is 0 Å². The Morgan fingerprint density at radius 3 is 2.50 bits per heavy atom. The standard InChI is InChI=1S/C12H17NO3/c1-8(2)15-11-7-13-6-10(14-3)12(11)16-9-4-5-9/h6-9H,4-5H2,1-3H3. The number of pyridine rings is 1. The summed E-state index contributed by atoms with van der Waals surface area (Å²) in [6.45, 7) is 3.95. The number of hydrogen-bond donors (Lipinski definition) is 0. The van der Waals surface area contributed by atoms with Crippen LogP contribution in [0.5, 0.6) is 17.2 Å². The van der Waals surface area contributed by atoms with Crippen molar-refractivity contribution >= 4 is 0 Å². The summed E-state index contributed by atoms with van der Waals surface area (Å²) < 4.78 is 16.7. The summed E-state index contributed by atoms with van der Waals surface area (Å²) in [5.74, 6) is 1.96. The van der Waals surface area contributed by atoms with Crippen molar-refractivity contribution in [2.75, 3.05) is 7.11 Å². The second kappa shape index (κ2) is 4.60. The maximum atomic E-state index is 5.79. The smallest absolute Gasteiger partial charge is 0.207 e. The Bertz CT molecular complexity index is 361. The van der Waals surface area contributed by atoms with E-state index in [1.165, 1.54) is 0 Å². The van der Waals surface area contributed by atoms with Crippen molar-refractivity contribution in [3.63, 3.8) is 0 Å². The molecule has 16 heavy (non-hydrogen) atoms. The highest BCUT2D eigenvalue weighted by Crippen LogP contribution is 2.40. The highest BCUT2D eigenvalue weighted by atomic mass is 16.6. The lowest BCUT2D eigenvalue weighted by atomic mass is 10.3. The number of ether oxygens (including phenoxy) is 3. The van der Waals surface area contributed by atoms with Gasteiger partial charge >= 0.3 is 0 Å². The third-order valence-corrected chi connectivity index (χ3v) is 2.22. The number of nitrogens with zero attached hydrogens (tertiary/aromatic N) is 1. The SMILES string of the molecule is COc1cncc(OC(C)C)c1OC1CC1. The number of hydrogen-bond acceptors (Lipinski definition) is 4. The highest BCUT2D eigenvalue weighted by Gasteiger charge is 2.27. The maximum absolute atomic E-state index is 5.79. The van der Waals surface area contributed by atoms with E-state index in [1.54, 1.807) is 19.5 Å². The van der Waals surface area contributed by atoms with Crippen LogP contribution in [-0.2, 0) is 0 Å². The lowest BCUT2D eigenvalue weighted by molar-refractivity contribution is 0.210. The molecule has 1 aromatic heterocycles. The summed E-state index contributed by atoms with van der Waals surface area (Å²) in [5.41, 5.74) is 0. The van der Waals surface area contributed by atoms with Crippen molar-refractivity contribution in [3.8, 4) is 17.2 Å². The minimum absolute atomic E-state index is 0.0930. The van der Waals surface area contributed by atoms with Gasteiger partial charge in [-0.3, -0.25) is 4.98 Å². The molecule has 4 heteroatoms. The first-order chi connectivity index (χ1) is 7.70. The summed E-state index contributed by atoms with van der Waals surface area (Å²) >= 11 is 0. The molecule has 1 aromatic rings. The van der Waals surface area contributed by atoms with Crippen LogP contribution in [-0.4, -0.2) is 24.3 Å². The second-order valence-corrected chi connectivity index (χ2v) is 4.15. The van der Waals surface area contributed by atoms with Gasteiger partial charge in [0.05, 0.1) is 31.7 Å². The van der Waals surface area contributed by atoms with Crippen molar-refractivity contribution in [2.24, 2.45) is 0 Å². The molecule has 0 spiro atoms. The Labute approximate surface area is 95.5 Å². The molecule has 0 bridgehead atoms. The van der Waals surface area contributed by atoms with Crippen LogP contribution in [0.15, 0.2) is 12.4 Å². The highest BCUT2D eigenvalue weighted by molar-refractivity contribution is 5.48. The summed E-state index contributed by atoms with van der Waals surface area (Å²) in [4.78, 5) is 4.07.